The highest BCUT2D eigenvalue weighted by Crippen LogP contribution is 2.20. The molecule has 16 nitrogen and oxygen atoms in total. The average molecular weight is 885 g/mol. The summed E-state index contributed by atoms with van der Waals surface area (Å²) < 4.78 is 22.2. The molecule has 2 aliphatic rings. The Bertz CT molecular complexity index is 1990. The van der Waals surface area contributed by atoms with Crippen LogP contribution < -0.4 is 20.9 Å². The molecule has 6 rings (SSSR count). The second-order valence-corrected chi connectivity index (χ2v) is 15.4. The number of rotatable bonds is 19. The van der Waals surface area contributed by atoms with Crippen molar-refractivity contribution in [1.82, 2.24) is 19.6 Å². The van der Waals surface area contributed by atoms with Gasteiger partial charge in [0.05, 0.1) is 26.2 Å². The van der Waals surface area contributed by atoms with Crippen LogP contribution in [0, 0.1) is 0 Å². The molecule has 0 saturated carbocycles. The Kier molecular flexibility index (Phi) is 17.3. The Morgan fingerprint density at radius 3 is 1.14 bits per heavy atom. The van der Waals surface area contributed by atoms with Gasteiger partial charge in [-0.3, -0.25) is 38.6 Å². The predicted molar refractivity (Wildman–Crippen MR) is 233 cm³/mol. The first-order valence-corrected chi connectivity index (χ1v) is 20.3. The molecule has 0 aromatic heterocycles. The van der Waals surface area contributed by atoms with Crippen molar-refractivity contribution in [3.63, 3.8) is 0 Å². The molecule has 4 N–H and O–H groups in total. The van der Waals surface area contributed by atoms with Crippen molar-refractivity contribution in [3.8, 4) is 11.5 Å². The van der Waals surface area contributed by atoms with Crippen LogP contribution in [-0.4, -0.2) is 119 Å². The maximum absolute atomic E-state index is 13.1. The molecule has 334 valence electrons. The minimum absolute atomic E-state index is 0. The summed E-state index contributed by atoms with van der Waals surface area (Å²) in [6, 6.07) is 30.9. The second-order valence-electron chi connectivity index (χ2n) is 15.4. The fourth-order valence-corrected chi connectivity index (χ4v) is 6.97. The van der Waals surface area contributed by atoms with Crippen molar-refractivity contribution < 1.29 is 47.7 Å². The van der Waals surface area contributed by atoms with Gasteiger partial charge in [-0.05, 0) is 73.2 Å². The molecule has 4 atom stereocenters. The van der Waals surface area contributed by atoms with Gasteiger partial charge in [0.2, 0.25) is 23.6 Å². The Morgan fingerprint density at radius 1 is 0.508 bits per heavy atom. The Morgan fingerprint density at radius 2 is 0.825 bits per heavy atom. The van der Waals surface area contributed by atoms with Gasteiger partial charge in [-0.25, -0.2) is 9.80 Å². The van der Waals surface area contributed by atoms with Crippen LogP contribution in [0.1, 0.15) is 36.1 Å². The van der Waals surface area contributed by atoms with E-state index in [9.17, 15) is 28.8 Å². The summed E-state index contributed by atoms with van der Waals surface area (Å²) in [5, 5.41) is 0. The SMILES string of the molecule is C[C@H]([C@H](C)N1CC(=O)N(COC(=O)[C@@H](N)Cc2ccc(OCc3ccccc3)cc2)C(=O)C1)N1CC(=O)N(COC(=O)[C@@H](N)Cc2ccc(OCc3ccccc3)cc2)C(=O)C1.Cl. The number of esters is 2. The third kappa shape index (κ3) is 13.4. The molecule has 2 saturated heterocycles. The number of imide groups is 2. The van der Waals surface area contributed by atoms with Crippen molar-refractivity contribution in [2.45, 2.75) is 64.1 Å². The minimum atomic E-state index is -1.03. The van der Waals surface area contributed by atoms with Crippen LogP contribution in [0.15, 0.2) is 109 Å². The van der Waals surface area contributed by atoms with Crippen molar-refractivity contribution in [1.29, 1.82) is 0 Å². The summed E-state index contributed by atoms with van der Waals surface area (Å²) in [7, 11) is 0. The molecule has 4 aromatic rings. The van der Waals surface area contributed by atoms with E-state index < -0.39 is 73.2 Å². The first-order chi connectivity index (χ1) is 29.8. The quantitative estimate of drug-likeness (QED) is 0.103. The number of piperazine rings is 2. The number of ether oxygens (including phenoxy) is 4. The summed E-state index contributed by atoms with van der Waals surface area (Å²) in [5.41, 5.74) is 15.8. The molecule has 2 aliphatic heterocycles. The molecular formula is C46H53ClN6O10. The predicted octanol–water partition coefficient (Wildman–Crippen LogP) is 2.83. The van der Waals surface area contributed by atoms with Crippen LogP contribution in [-0.2, 0) is 64.3 Å². The van der Waals surface area contributed by atoms with E-state index in [0.717, 1.165) is 32.1 Å². The van der Waals surface area contributed by atoms with E-state index >= 15 is 0 Å². The van der Waals surface area contributed by atoms with Crippen LogP contribution in [0.2, 0.25) is 0 Å². The van der Waals surface area contributed by atoms with Gasteiger partial charge in [-0.15, -0.1) is 12.4 Å². The zero-order valence-corrected chi connectivity index (χ0v) is 36.0. The lowest BCUT2D eigenvalue weighted by Gasteiger charge is -2.43. The lowest BCUT2D eigenvalue weighted by atomic mass is 10.1. The van der Waals surface area contributed by atoms with E-state index in [2.05, 4.69) is 0 Å². The number of hydrogen-bond donors (Lipinski definition) is 2. The van der Waals surface area contributed by atoms with E-state index in [-0.39, 0.29) is 51.4 Å². The molecule has 0 radical (unpaired) electrons. The zero-order chi connectivity index (χ0) is 44.2. The summed E-state index contributed by atoms with van der Waals surface area (Å²) in [5.74, 6) is -2.50. The highest BCUT2D eigenvalue weighted by molar-refractivity contribution is 6.00. The zero-order valence-electron chi connectivity index (χ0n) is 35.2. The Labute approximate surface area is 372 Å². The van der Waals surface area contributed by atoms with E-state index in [1.807, 2.05) is 60.7 Å². The molecule has 2 heterocycles. The van der Waals surface area contributed by atoms with E-state index in [0.29, 0.717) is 24.7 Å². The summed E-state index contributed by atoms with van der Waals surface area (Å²) in [6.45, 7) is 2.61. The lowest BCUT2D eigenvalue weighted by molar-refractivity contribution is -0.169. The first kappa shape index (κ1) is 47.9. The van der Waals surface area contributed by atoms with Crippen LogP contribution >= 0.6 is 12.4 Å². The summed E-state index contributed by atoms with van der Waals surface area (Å²) in [6.07, 6.45) is 0.342. The van der Waals surface area contributed by atoms with E-state index in [1.54, 1.807) is 72.2 Å². The lowest BCUT2D eigenvalue weighted by Crippen LogP contribution is -2.63. The van der Waals surface area contributed by atoms with Gasteiger partial charge in [0.15, 0.2) is 13.5 Å². The summed E-state index contributed by atoms with van der Waals surface area (Å²) in [4.78, 5) is 83.0. The average Bonchev–Trinajstić information content (AvgIpc) is 3.27. The van der Waals surface area contributed by atoms with E-state index in [1.165, 1.54) is 0 Å². The molecule has 4 amide bonds. The third-order valence-corrected chi connectivity index (χ3v) is 10.9. The number of amides is 4. The van der Waals surface area contributed by atoms with Crippen LogP contribution in [0.25, 0.3) is 0 Å². The fraction of sp³-hybridized carbons (Fsp3) is 0.348. The van der Waals surface area contributed by atoms with Gasteiger partial charge < -0.3 is 30.4 Å². The highest BCUT2D eigenvalue weighted by Gasteiger charge is 2.40. The number of nitrogens with zero attached hydrogens (tertiary/aromatic N) is 4. The van der Waals surface area contributed by atoms with E-state index in [4.69, 9.17) is 30.4 Å². The fourth-order valence-electron chi connectivity index (χ4n) is 6.97. The van der Waals surface area contributed by atoms with Crippen LogP contribution in [0.3, 0.4) is 0 Å². The van der Waals surface area contributed by atoms with Gasteiger partial charge >= 0.3 is 11.9 Å². The molecule has 0 bridgehead atoms. The monoisotopic (exact) mass is 884 g/mol. The first-order valence-electron chi connectivity index (χ1n) is 20.3. The molecule has 0 spiro atoms. The maximum Gasteiger partial charge on any atom is 0.324 e. The topological polar surface area (TPSA) is 204 Å². The van der Waals surface area contributed by atoms with Crippen LogP contribution in [0.4, 0.5) is 0 Å². The third-order valence-electron chi connectivity index (χ3n) is 10.9. The number of benzene rings is 4. The van der Waals surface area contributed by atoms with Gasteiger partial charge in [0.1, 0.15) is 36.8 Å². The molecule has 17 heteroatoms. The molecule has 63 heavy (non-hydrogen) atoms. The highest BCUT2D eigenvalue weighted by atomic mass is 35.5. The van der Waals surface area contributed by atoms with Crippen molar-refractivity contribution in [3.05, 3.63) is 131 Å². The Hall–Kier alpha value is -6.17. The molecule has 0 unspecified atom stereocenters. The Balaban J connectivity index is 0.00000748. The second kappa shape index (κ2) is 22.8. The molecule has 0 aliphatic carbocycles. The number of hydrogen-bond acceptors (Lipinski definition) is 14. The maximum atomic E-state index is 13.1. The van der Waals surface area contributed by atoms with Crippen LogP contribution in [0.5, 0.6) is 11.5 Å². The summed E-state index contributed by atoms with van der Waals surface area (Å²) >= 11 is 0. The molecular weight excluding hydrogens is 832 g/mol. The molecule has 2 fully saturated rings. The van der Waals surface area contributed by atoms with Gasteiger partial charge in [-0.2, -0.15) is 0 Å². The van der Waals surface area contributed by atoms with Gasteiger partial charge in [0, 0.05) is 12.1 Å². The standard InChI is InChI=1S/C46H52N6O10.ClH/c1-31(49-23-41(53)51(42(54)24-49)29-61-45(57)39(47)21-33-13-17-37(18-14-33)59-27-35-9-5-3-6-10-35)32(2)50-25-43(55)52(44(56)26-50)30-62-46(58)40(48)22-34-15-19-38(20-16-34)60-28-36-11-7-4-8-12-36;/h3-20,31-32,39-40H,21-30,47-48H2,1-2H3;1H/t31-,32+,39-,40-;/m0./s1. The molecule has 4 aromatic carbocycles. The number of halogens is 1. The largest absolute Gasteiger partial charge is 0.489 e. The van der Waals surface area contributed by atoms with Gasteiger partial charge in [-0.1, -0.05) is 84.9 Å². The van der Waals surface area contributed by atoms with Crippen molar-refractivity contribution >= 4 is 48.0 Å². The van der Waals surface area contributed by atoms with Crippen molar-refractivity contribution in [2.24, 2.45) is 11.5 Å². The van der Waals surface area contributed by atoms with Gasteiger partial charge in [0.25, 0.3) is 0 Å². The smallest absolute Gasteiger partial charge is 0.324 e. The number of carbonyl (C=O) groups is 6. The normalized spacial score (nSPS) is 16.7. The minimum Gasteiger partial charge on any atom is -0.489 e. The number of nitrogens with two attached hydrogens (primary N) is 2. The number of carbonyl (C=O) groups excluding carboxylic acids is 6. The van der Waals surface area contributed by atoms with Crippen molar-refractivity contribution in [2.75, 3.05) is 39.6 Å².